The average molecular weight is 517 g/mol. The number of amides is 2. The number of aromatic hydroxyl groups is 1. The highest BCUT2D eigenvalue weighted by Crippen LogP contribution is 2.51. The lowest BCUT2D eigenvalue weighted by atomic mass is 9.69. The van der Waals surface area contributed by atoms with Crippen LogP contribution in [0.3, 0.4) is 0 Å². The Morgan fingerprint density at radius 3 is 2.58 bits per heavy atom. The number of carbonyl (C=O) groups is 2. The molecule has 38 heavy (non-hydrogen) atoms. The Morgan fingerprint density at radius 2 is 1.89 bits per heavy atom. The number of ether oxygens (including phenoxy) is 1. The number of rotatable bonds is 8. The molecule has 2 saturated heterocycles. The van der Waals surface area contributed by atoms with E-state index in [2.05, 4.69) is 19.9 Å². The minimum Gasteiger partial charge on any atom is -0.508 e. The second-order valence-electron chi connectivity index (χ2n) is 10.3. The minimum absolute atomic E-state index is 0.0968. The SMILES string of the molecule is CCC1=C2[C@@H](CC/C(=C/c3ccc(O)cc3)CC)OC[C@@H]2[C@@H]2C(=O)N(c3cccc([N+](=O)[O-])c3)C(=O)[C@@H]2C1. The minimum atomic E-state index is -0.521. The summed E-state index contributed by atoms with van der Waals surface area (Å²) in [5.41, 5.74) is 4.79. The number of imide groups is 1. The molecular formula is C30H32N2O6. The van der Waals surface area contributed by atoms with Crippen molar-refractivity contribution in [2.75, 3.05) is 11.5 Å². The Hall–Kier alpha value is -3.78. The molecule has 2 aliphatic heterocycles. The molecule has 0 aromatic heterocycles. The molecule has 2 aromatic rings. The van der Waals surface area contributed by atoms with Crippen LogP contribution < -0.4 is 4.90 Å². The van der Waals surface area contributed by atoms with E-state index >= 15 is 0 Å². The number of phenols is 1. The largest absolute Gasteiger partial charge is 0.508 e. The van der Waals surface area contributed by atoms with Crippen molar-refractivity contribution in [2.45, 2.75) is 52.1 Å². The van der Waals surface area contributed by atoms with Gasteiger partial charge < -0.3 is 9.84 Å². The molecule has 0 bridgehead atoms. The van der Waals surface area contributed by atoms with Gasteiger partial charge in [0.05, 0.1) is 35.2 Å². The maximum Gasteiger partial charge on any atom is 0.271 e. The molecule has 2 aromatic carbocycles. The van der Waals surface area contributed by atoms with Crippen molar-refractivity contribution in [3.05, 3.63) is 80.9 Å². The predicted molar refractivity (Wildman–Crippen MR) is 143 cm³/mol. The highest BCUT2D eigenvalue weighted by atomic mass is 16.6. The summed E-state index contributed by atoms with van der Waals surface area (Å²) in [4.78, 5) is 39.0. The number of benzene rings is 2. The van der Waals surface area contributed by atoms with Gasteiger partial charge in [0.15, 0.2) is 0 Å². The summed E-state index contributed by atoms with van der Waals surface area (Å²) in [6, 6.07) is 12.9. The third kappa shape index (κ3) is 4.65. The lowest BCUT2D eigenvalue weighted by molar-refractivity contribution is -0.384. The molecule has 8 nitrogen and oxygen atoms in total. The van der Waals surface area contributed by atoms with Crippen LogP contribution in [-0.2, 0) is 14.3 Å². The number of nitro groups is 1. The third-order valence-electron chi connectivity index (χ3n) is 8.18. The topological polar surface area (TPSA) is 110 Å². The molecule has 2 heterocycles. The molecule has 0 unspecified atom stereocenters. The summed E-state index contributed by atoms with van der Waals surface area (Å²) < 4.78 is 6.29. The van der Waals surface area contributed by atoms with Gasteiger partial charge in [-0.2, -0.15) is 0 Å². The Bertz CT molecular complexity index is 1330. The van der Waals surface area contributed by atoms with E-state index in [-0.39, 0.29) is 41.0 Å². The average Bonchev–Trinajstić information content (AvgIpc) is 3.45. The molecule has 5 rings (SSSR count). The molecule has 0 radical (unpaired) electrons. The fraction of sp³-hybridized carbons (Fsp3) is 0.400. The number of carbonyl (C=O) groups excluding carboxylic acids is 2. The van der Waals surface area contributed by atoms with Crippen LogP contribution in [0.1, 0.15) is 51.5 Å². The fourth-order valence-electron chi connectivity index (χ4n) is 6.29. The van der Waals surface area contributed by atoms with Crippen molar-refractivity contribution in [2.24, 2.45) is 17.8 Å². The van der Waals surface area contributed by atoms with Gasteiger partial charge in [-0.15, -0.1) is 0 Å². The van der Waals surface area contributed by atoms with E-state index < -0.39 is 16.8 Å². The summed E-state index contributed by atoms with van der Waals surface area (Å²) >= 11 is 0. The molecule has 2 amide bonds. The Morgan fingerprint density at radius 1 is 1.13 bits per heavy atom. The number of allylic oxidation sites excluding steroid dienone is 2. The quantitative estimate of drug-likeness (QED) is 0.205. The van der Waals surface area contributed by atoms with Gasteiger partial charge in [-0.3, -0.25) is 19.7 Å². The second-order valence-corrected chi connectivity index (χ2v) is 10.3. The first-order chi connectivity index (χ1) is 18.3. The summed E-state index contributed by atoms with van der Waals surface area (Å²) in [5, 5.41) is 20.8. The standard InChI is InChI=1S/C30H32N2O6/c1-3-18(14-19-8-11-23(33)12-9-19)10-13-26-27-20(4-2)15-24-28(25(27)17-38-26)30(35)31(29(24)34)21-6-5-7-22(16-21)32(36)37/h5-9,11-12,14,16,24-26,28,33H,3-4,10,13,15,17H2,1-2H3/b18-14+/t24-,25+,26-,28-/m1/s1. The van der Waals surface area contributed by atoms with Crippen LogP contribution in [-0.4, -0.2) is 34.6 Å². The van der Waals surface area contributed by atoms with Crippen LogP contribution in [0.4, 0.5) is 11.4 Å². The zero-order chi connectivity index (χ0) is 27.0. The third-order valence-corrected chi connectivity index (χ3v) is 8.18. The number of hydrogen-bond donors (Lipinski definition) is 1. The number of phenolic OH excluding ortho intramolecular Hbond substituents is 1. The summed E-state index contributed by atoms with van der Waals surface area (Å²) in [7, 11) is 0. The molecule has 198 valence electrons. The first-order valence-electron chi connectivity index (χ1n) is 13.3. The smallest absolute Gasteiger partial charge is 0.271 e. The monoisotopic (exact) mass is 516 g/mol. The van der Waals surface area contributed by atoms with Gasteiger partial charge >= 0.3 is 0 Å². The van der Waals surface area contributed by atoms with E-state index in [0.29, 0.717) is 13.0 Å². The van der Waals surface area contributed by atoms with Crippen molar-refractivity contribution in [3.63, 3.8) is 0 Å². The Labute approximate surface area is 221 Å². The molecule has 0 saturated carbocycles. The van der Waals surface area contributed by atoms with Gasteiger partial charge in [0.2, 0.25) is 11.8 Å². The number of hydrogen-bond acceptors (Lipinski definition) is 6. The second kappa shape index (κ2) is 10.5. The van der Waals surface area contributed by atoms with E-state index in [4.69, 9.17) is 4.74 Å². The normalized spacial score (nSPS) is 25.1. The van der Waals surface area contributed by atoms with Crippen molar-refractivity contribution < 1.29 is 24.4 Å². The van der Waals surface area contributed by atoms with Gasteiger partial charge in [-0.05, 0) is 61.4 Å². The Kier molecular flexibility index (Phi) is 7.17. The van der Waals surface area contributed by atoms with Crippen molar-refractivity contribution in [3.8, 4) is 5.75 Å². The van der Waals surface area contributed by atoms with Crippen LogP contribution in [0, 0.1) is 27.9 Å². The number of anilines is 1. The summed E-state index contributed by atoms with van der Waals surface area (Å²) in [6.45, 7) is 4.60. The first-order valence-corrected chi connectivity index (χ1v) is 13.3. The number of nitro benzene ring substituents is 1. The van der Waals surface area contributed by atoms with Crippen molar-refractivity contribution in [1.82, 2.24) is 0 Å². The molecule has 1 N–H and O–H groups in total. The van der Waals surface area contributed by atoms with E-state index in [1.165, 1.54) is 34.9 Å². The van der Waals surface area contributed by atoms with Gasteiger partial charge in [0.1, 0.15) is 5.75 Å². The molecule has 8 heteroatoms. The lowest BCUT2D eigenvalue weighted by Gasteiger charge is -2.31. The lowest BCUT2D eigenvalue weighted by Crippen LogP contribution is -2.34. The summed E-state index contributed by atoms with van der Waals surface area (Å²) in [6.07, 6.45) is 5.89. The number of fused-ring (bicyclic) bond motifs is 3. The van der Waals surface area contributed by atoms with Crippen LogP contribution in [0.25, 0.3) is 6.08 Å². The van der Waals surface area contributed by atoms with Crippen LogP contribution >= 0.6 is 0 Å². The van der Waals surface area contributed by atoms with Gasteiger partial charge in [-0.1, -0.05) is 49.3 Å². The van der Waals surface area contributed by atoms with E-state index in [0.717, 1.165) is 36.1 Å². The van der Waals surface area contributed by atoms with E-state index in [9.17, 15) is 24.8 Å². The molecule has 0 spiro atoms. The number of non-ortho nitro benzene ring substituents is 1. The van der Waals surface area contributed by atoms with Gasteiger partial charge in [0.25, 0.3) is 5.69 Å². The zero-order valence-electron chi connectivity index (χ0n) is 21.6. The van der Waals surface area contributed by atoms with E-state index in [1.54, 1.807) is 18.2 Å². The zero-order valence-corrected chi connectivity index (χ0v) is 21.6. The maximum absolute atomic E-state index is 13.6. The summed E-state index contributed by atoms with van der Waals surface area (Å²) in [5.74, 6) is -1.45. The molecule has 2 fully saturated rings. The van der Waals surface area contributed by atoms with Gasteiger partial charge in [-0.25, -0.2) is 4.90 Å². The van der Waals surface area contributed by atoms with E-state index in [1.807, 2.05) is 12.1 Å². The molecule has 3 aliphatic rings. The van der Waals surface area contributed by atoms with Crippen LogP contribution in [0.5, 0.6) is 5.75 Å². The van der Waals surface area contributed by atoms with Crippen molar-refractivity contribution >= 4 is 29.3 Å². The Balaban J connectivity index is 1.37. The van der Waals surface area contributed by atoms with Crippen molar-refractivity contribution in [1.29, 1.82) is 0 Å². The maximum atomic E-state index is 13.6. The fourth-order valence-corrected chi connectivity index (χ4v) is 6.29. The number of nitrogens with zero attached hydrogens (tertiary/aromatic N) is 2. The molecule has 1 aliphatic carbocycles. The van der Waals surface area contributed by atoms with Crippen LogP contribution in [0.2, 0.25) is 0 Å². The first kappa shape index (κ1) is 25.9. The highest BCUT2D eigenvalue weighted by molar-refractivity contribution is 6.22. The van der Waals surface area contributed by atoms with Gasteiger partial charge in [0, 0.05) is 18.1 Å². The predicted octanol–water partition coefficient (Wildman–Crippen LogP) is 5.81. The highest BCUT2D eigenvalue weighted by Gasteiger charge is 2.57. The molecular weight excluding hydrogens is 484 g/mol. The molecule has 4 atom stereocenters. The van der Waals surface area contributed by atoms with Crippen LogP contribution in [0.15, 0.2) is 65.3 Å².